The average molecular weight is 269 g/mol. The highest BCUT2D eigenvalue weighted by Gasteiger charge is 2.05. The van der Waals surface area contributed by atoms with Crippen LogP contribution in [-0.4, -0.2) is 21.5 Å². The first-order valence-electron chi connectivity index (χ1n) is 5.78. The van der Waals surface area contributed by atoms with Gasteiger partial charge in [0.1, 0.15) is 5.82 Å². The lowest BCUT2D eigenvalue weighted by atomic mass is 10.3. The molecule has 0 aliphatic heterocycles. The second-order valence-electron chi connectivity index (χ2n) is 3.93. The van der Waals surface area contributed by atoms with Crippen LogP contribution in [0.2, 0.25) is 5.02 Å². The van der Waals surface area contributed by atoms with Crippen LogP contribution in [0.4, 0.5) is 4.39 Å². The molecule has 0 aliphatic carbocycles. The summed E-state index contributed by atoms with van der Waals surface area (Å²) in [4.78, 5) is 0. The Kier molecular flexibility index (Phi) is 4.28. The largest absolute Gasteiger partial charge is 0.311 e. The third kappa shape index (κ3) is 3.05. The summed E-state index contributed by atoms with van der Waals surface area (Å²) < 4.78 is 14.6. The van der Waals surface area contributed by atoms with Crippen molar-refractivity contribution >= 4 is 11.6 Å². The third-order valence-corrected chi connectivity index (χ3v) is 2.73. The predicted octanol–water partition coefficient (Wildman–Crippen LogP) is 2.56. The molecular weight excluding hydrogens is 255 g/mol. The minimum absolute atomic E-state index is 0.0775. The van der Waals surface area contributed by atoms with Gasteiger partial charge in [0.25, 0.3) is 0 Å². The summed E-state index contributed by atoms with van der Waals surface area (Å²) in [6, 6.07) is 4.45. The second-order valence-corrected chi connectivity index (χ2v) is 4.34. The molecule has 0 atom stereocenters. The number of hydrogen-bond donors (Lipinski definition) is 1. The van der Waals surface area contributed by atoms with Crippen molar-refractivity contribution in [1.82, 2.24) is 20.3 Å². The van der Waals surface area contributed by atoms with E-state index in [2.05, 4.69) is 22.6 Å². The van der Waals surface area contributed by atoms with E-state index in [1.807, 2.05) is 0 Å². The van der Waals surface area contributed by atoms with E-state index in [1.165, 1.54) is 12.1 Å². The Hall–Kier alpha value is -1.46. The van der Waals surface area contributed by atoms with Crippen molar-refractivity contribution in [1.29, 1.82) is 0 Å². The smallest absolute Gasteiger partial charge is 0.141 e. The number of rotatable bonds is 5. The summed E-state index contributed by atoms with van der Waals surface area (Å²) in [6.45, 7) is 3.71. The number of hydrogen-bond acceptors (Lipinski definition) is 3. The molecule has 6 heteroatoms. The van der Waals surface area contributed by atoms with Gasteiger partial charge in [-0.1, -0.05) is 23.7 Å². The number of nitrogens with one attached hydrogen (secondary N) is 1. The summed E-state index contributed by atoms with van der Waals surface area (Å²) in [5, 5.41) is 11.3. The average Bonchev–Trinajstić information content (AvgIpc) is 2.82. The van der Waals surface area contributed by atoms with E-state index in [9.17, 15) is 4.39 Å². The molecule has 0 amide bonds. The van der Waals surface area contributed by atoms with Gasteiger partial charge in [0.2, 0.25) is 0 Å². The lowest BCUT2D eigenvalue weighted by molar-refractivity contribution is 0.627. The molecule has 1 aromatic heterocycles. The maximum absolute atomic E-state index is 13.0. The summed E-state index contributed by atoms with van der Waals surface area (Å²) in [5.74, 6) is -0.439. The van der Waals surface area contributed by atoms with E-state index in [4.69, 9.17) is 11.6 Å². The van der Waals surface area contributed by atoms with Gasteiger partial charge >= 0.3 is 0 Å². The van der Waals surface area contributed by atoms with Gasteiger partial charge in [0.05, 0.1) is 22.6 Å². The van der Waals surface area contributed by atoms with Crippen molar-refractivity contribution in [2.75, 3.05) is 6.54 Å². The van der Waals surface area contributed by atoms with Gasteiger partial charge in [-0.15, -0.1) is 5.10 Å². The van der Waals surface area contributed by atoms with Gasteiger partial charge in [-0.05, 0) is 31.2 Å². The van der Waals surface area contributed by atoms with Gasteiger partial charge in [-0.3, -0.25) is 0 Å². The zero-order chi connectivity index (χ0) is 13.0. The van der Waals surface area contributed by atoms with Gasteiger partial charge in [0, 0.05) is 6.54 Å². The maximum atomic E-state index is 13.0. The van der Waals surface area contributed by atoms with Crippen LogP contribution in [0.3, 0.4) is 0 Å². The zero-order valence-electron chi connectivity index (χ0n) is 10.0. The van der Waals surface area contributed by atoms with Crippen molar-refractivity contribution in [2.45, 2.75) is 19.9 Å². The molecule has 4 nitrogen and oxygen atoms in total. The molecule has 96 valence electrons. The van der Waals surface area contributed by atoms with Crippen LogP contribution in [0.5, 0.6) is 0 Å². The highest BCUT2D eigenvalue weighted by atomic mass is 35.5. The lowest BCUT2D eigenvalue weighted by Gasteiger charge is -2.01. The molecule has 1 aromatic carbocycles. The number of nitrogens with zero attached hydrogens (tertiary/aromatic N) is 3. The molecule has 0 spiro atoms. The molecular formula is C12H14ClFN4. The van der Waals surface area contributed by atoms with E-state index in [1.54, 1.807) is 16.9 Å². The Balaban J connectivity index is 2.11. The van der Waals surface area contributed by atoms with Crippen LogP contribution in [0.15, 0.2) is 24.4 Å². The number of halogens is 2. The molecule has 1 N–H and O–H groups in total. The van der Waals surface area contributed by atoms with E-state index in [-0.39, 0.29) is 5.02 Å². The van der Waals surface area contributed by atoms with Gasteiger partial charge in [-0.25, -0.2) is 9.07 Å². The molecule has 0 aliphatic rings. The van der Waals surface area contributed by atoms with Gasteiger partial charge in [0.15, 0.2) is 0 Å². The fourth-order valence-electron chi connectivity index (χ4n) is 1.53. The lowest BCUT2D eigenvalue weighted by Crippen LogP contribution is -2.13. The molecule has 0 radical (unpaired) electrons. The Labute approximate surface area is 110 Å². The van der Waals surface area contributed by atoms with Gasteiger partial charge < -0.3 is 5.32 Å². The first-order chi connectivity index (χ1) is 8.70. The fourth-order valence-corrected chi connectivity index (χ4v) is 1.70. The molecule has 1 heterocycles. The summed E-state index contributed by atoms with van der Waals surface area (Å²) in [7, 11) is 0. The highest BCUT2D eigenvalue weighted by molar-refractivity contribution is 6.30. The normalized spacial score (nSPS) is 10.8. The minimum Gasteiger partial charge on any atom is -0.311 e. The van der Waals surface area contributed by atoms with Crippen LogP contribution >= 0.6 is 11.6 Å². The topological polar surface area (TPSA) is 42.7 Å². The Morgan fingerprint density at radius 1 is 1.44 bits per heavy atom. The monoisotopic (exact) mass is 268 g/mol. The quantitative estimate of drug-likeness (QED) is 0.848. The van der Waals surface area contributed by atoms with Crippen molar-refractivity contribution < 1.29 is 4.39 Å². The zero-order valence-corrected chi connectivity index (χ0v) is 10.8. The molecule has 0 fully saturated rings. The van der Waals surface area contributed by atoms with Crippen LogP contribution in [-0.2, 0) is 6.54 Å². The first kappa shape index (κ1) is 13.0. The van der Waals surface area contributed by atoms with Crippen LogP contribution in [0.1, 0.15) is 19.0 Å². The number of benzene rings is 1. The molecule has 0 saturated carbocycles. The van der Waals surface area contributed by atoms with Crippen LogP contribution in [0.25, 0.3) is 5.69 Å². The van der Waals surface area contributed by atoms with E-state index < -0.39 is 5.82 Å². The molecule has 0 unspecified atom stereocenters. The van der Waals surface area contributed by atoms with Gasteiger partial charge in [-0.2, -0.15) is 0 Å². The molecule has 0 saturated heterocycles. The van der Waals surface area contributed by atoms with Crippen molar-refractivity contribution in [3.05, 3.63) is 40.9 Å². The fraction of sp³-hybridized carbons (Fsp3) is 0.333. The molecule has 2 aromatic rings. The van der Waals surface area contributed by atoms with E-state index in [0.29, 0.717) is 12.2 Å². The van der Waals surface area contributed by atoms with Crippen molar-refractivity contribution in [3.8, 4) is 5.69 Å². The Morgan fingerprint density at radius 3 is 3.00 bits per heavy atom. The Bertz CT molecular complexity index is 527. The molecule has 2 rings (SSSR count). The third-order valence-electron chi connectivity index (χ3n) is 2.44. The minimum atomic E-state index is -0.439. The SMILES string of the molecule is CCCNCc1cn(-c2ccc(F)c(Cl)c2)nn1. The van der Waals surface area contributed by atoms with Crippen LogP contribution in [0, 0.1) is 5.82 Å². The number of aromatic nitrogens is 3. The summed E-state index contributed by atoms with van der Waals surface area (Å²) >= 11 is 5.72. The van der Waals surface area contributed by atoms with E-state index >= 15 is 0 Å². The summed E-state index contributed by atoms with van der Waals surface area (Å²) in [6.07, 6.45) is 2.87. The summed E-state index contributed by atoms with van der Waals surface area (Å²) in [5.41, 5.74) is 1.53. The molecule has 0 bridgehead atoms. The van der Waals surface area contributed by atoms with Crippen LogP contribution < -0.4 is 5.32 Å². The second kappa shape index (κ2) is 5.93. The highest BCUT2D eigenvalue weighted by Crippen LogP contribution is 2.18. The standard InChI is InChI=1S/C12H14ClFN4/c1-2-5-15-7-9-8-18(17-16-9)10-3-4-12(14)11(13)6-10/h3-4,6,8,15H,2,5,7H2,1H3. The first-order valence-corrected chi connectivity index (χ1v) is 6.16. The van der Waals surface area contributed by atoms with Crippen molar-refractivity contribution in [3.63, 3.8) is 0 Å². The Morgan fingerprint density at radius 2 is 2.28 bits per heavy atom. The maximum Gasteiger partial charge on any atom is 0.141 e. The van der Waals surface area contributed by atoms with Crippen molar-refractivity contribution in [2.24, 2.45) is 0 Å². The molecule has 18 heavy (non-hydrogen) atoms. The van der Waals surface area contributed by atoms with E-state index in [0.717, 1.165) is 18.7 Å². The predicted molar refractivity (Wildman–Crippen MR) is 68.3 cm³/mol.